The summed E-state index contributed by atoms with van der Waals surface area (Å²) in [5.41, 5.74) is 6.72. The van der Waals surface area contributed by atoms with Crippen LogP contribution in [0.3, 0.4) is 0 Å². The molecule has 0 bridgehead atoms. The topological polar surface area (TPSA) is 75.0 Å². The van der Waals surface area contributed by atoms with Crippen LogP contribution in [0, 0.1) is 38.1 Å². The van der Waals surface area contributed by atoms with Gasteiger partial charge in [0.2, 0.25) is 5.95 Å². The second-order valence-corrected chi connectivity index (χ2v) is 11.0. The maximum absolute atomic E-state index is 6.39. The Morgan fingerprint density at radius 3 is 1.43 bits per heavy atom. The fourth-order valence-electron chi connectivity index (χ4n) is 5.42. The van der Waals surface area contributed by atoms with Gasteiger partial charge in [0.05, 0.1) is 0 Å². The van der Waals surface area contributed by atoms with Crippen LogP contribution in [-0.4, -0.2) is 24.5 Å². The molecule has 242 valence electrons. The van der Waals surface area contributed by atoms with Crippen LogP contribution in [-0.2, 0) is 41.5 Å². The van der Waals surface area contributed by atoms with Crippen molar-refractivity contribution in [2.75, 3.05) is 0 Å². The van der Waals surface area contributed by atoms with Crippen molar-refractivity contribution in [2.24, 2.45) is 0 Å². The molecule has 0 amide bonds. The van der Waals surface area contributed by atoms with E-state index in [9.17, 15) is 0 Å². The first-order valence-electron chi connectivity index (χ1n) is 15.1. The van der Waals surface area contributed by atoms with E-state index in [0.717, 1.165) is 55.4 Å². The minimum Gasteiger partial charge on any atom is -0.503 e. The SMILES string of the molecule is Cc1ccc(-c2ccccn2)[c-]c1Oc1[c-]c2c(cc1)c1ccc(Oc3[c-]c(-c4ccccn4)ccc3C)[c-]c1n2-c1ncccn1.[Pd+2].[Pt+2]. The van der Waals surface area contributed by atoms with Crippen LogP contribution in [0.2, 0.25) is 0 Å². The van der Waals surface area contributed by atoms with E-state index >= 15 is 0 Å². The molecule has 0 unspecified atom stereocenters. The van der Waals surface area contributed by atoms with Crippen molar-refractivity contribution in [3.05, 3.63) is 151 Å². The first kappa shape index (κ1) is 33.9. The predicted octanol–water partition coefficient (Wildman–Crippen LogP) is 9.09. The van der Waals surface area contributed by atoms with Crippen molar-refractivity contribution in [3.63, 3.8) is 0 Å². The molecule has 8 rings (SSSR count). The molecule has 0 radical (unpaired) electrons. The predicted molar refractivity (Wildman–Crippen MR) is 181 cm³/mol. The van der Waals surface area contributed by atoms with Crippen molar-refractivity contribution in [3.8, 4) is 51.5 Å². The summed E-state index contributed by atoms with van der Waals surface area (Å²) in [6.45, 7) is 3.98. The normalized spacial score (nSPS) is 10.7. The van der Waals surface area contributed by atoms with E-state index in [0.29, 0.717) is 28.9 Å². The molecule has 49 heavy (non-hydrogen) atoms. The van der Waals surface area contributed by atoms with Gasteiger partial charge in [0.15, 0.2) is 0 Å². The van der Waals surface area contributed by atoms with Crippen LogP contribution in [0.1, 0.15) is 11.1 Å². The summed E-state index contributed by atoms with van der Waals surface area (Å²) < 4.78 is 14.7. The fourth-order valence-corrected chi connectivity index (χ4v) is 5.42. The van der Waals surface area contributed by atoms with Crippen LogP contribution < -0.4 is 9.47 Å². The van der Waals surface area contributed by atoms with Crippen LogP contribution in [0.15, 0.2) is 116 Å². The number of benzene rings is 4. The van der Waals surface area contributed by atoms with Crippen LogP contribution >= 0.6 is 0 Å². The standard InChI is InChI=1S/C40H25N5O2.Pd.Pt/c1-26-10-12-28(34-8-3-5-18-41-34)22-38(26)46-30-14-16-32-33-17-15-31(25-37(33)45(36(32)24-30)40-43-20-7-21-44-40)47-39-23-29(13-11-27(39)2)35-9-4-6-19-42-35;;/h3-21H,1-2H3;;/q-4;2*+2. The molecule has 9 heteroatoms. The Kier molecular flexibility index (Phi) is 10.1. The summed E-state index contributed by atoms with van der Waals surface area (Å²) in [5, 5.41) is 1.90. The summed E-state index contributed by atoms with van der Waals surface area (Å²) >= 11 is 0. The third kappa shape index (κ3) is 6.82. The molecule has 0 N–H and O–H groups in total. The van der Waals surface area contributed by atoms with Gasteiger partial charge in [-0.1, -0.05) is 72.4 Å². The Morgan fingerprint density at radius 2 is 0.980 bits per heavy atom. The van der Waals surface area contributed by atoms with E-state index in [1.54, 1.807) is 30.9 Å². The minimum atomic E-state index is 0. The van der Waals surface area contributed by atoms with Gasteiger partial charge in [-0.25, -0.2) is 9.97 Å². The monoisotopic (exact) mass is 908 g/mol. The molecule has 7 nitrogen and oxygen atoms in total. The molecule has 0 aliphatic carbocycles. The van der Waals surface area contributed by atoms with Gasteiger partial charge in [-0.05, 0) is 29.6 Å². The second-order valence-electron chi connectivity index (χ2n) is 11.0. The van der Waals surface area contributed by atoms with Gasteiger partial charge in [0.1, 0.15) is 0 Å². The number of hydrogen-bond donors (Lipinski definition) is 0. The number of aryl methyl sites for hydroxylation is 2. The Hall–Kier alpha value is -4.99. The second kappa shape index (κ2) is 14.6. The van der Waals surface area contributed by atoms with E-state index in [2.05, 4.69) is 44.2 Å². The van der Waals surface area contributed by atoms with Gasteiger partial charge in [0.25, 0.3) is 0 Å². The van der Waals surface area contributed by atoms with Crippen molar-refractivity contribution >= 4 is 21.8 Å². The molecule has 0 aliphatic rings. The molecule has 4 aromatic carbocycles. The van der Waals surface area contributed by atoms with E-state index in [-0.39, 0.29) is 41.5 Å². The maximum atomic E-state index is 6.39. The molecule has 0 saturated heterocycles. The van der Waals surface area contributed by atoms with Gasteiger partial charge in [-0.15, -0.1) is 59.7 Å². The summed E-state index contributed by atoms with van der Waals surface area (Å²) in [7, 11) is 0. The van der Waals surface area contributed by atoms with Gasteiger partial charge < -0.3 is 24.0 Å². The zero-order chi connectivity index (χ0) is 31.7. The number of rotatable bonds is 7. The number of fused-ring (bicyclic) bond motifs is 3. The quantitative estimate of drug-likeness (QED) is 0.117. The summed E-state index contributed by atoms with van der Waals surface area (Å²) in [4.78, 5) is 18.1. The maximum Gasteiger partial charge on any atom is 2.00 e. The number of nitrogens with zero attached hydrogens (tertiary/aromatic N) is 5. The Balaban J connectivity index is 0.00000208. The molecule has 8 aromatic rings. The zero-order valence-corrected chi connectivity index (χ0v) is 30.0. The first-order valence-corrected chi connectivity index (χ1v) is 15.1. The third-order valence-corrected chi connectivity index (χ3v) is 7.80. The van der Waals surface area contributed by atoms with Crippen molar-refractivity contribution in [1.82, 2.24) is 24.5 Å². The van der Waals surface area contributed by atoms with E-state index in [1.165, 1.54) is 0 Å². The molecule has 0 atom stereocenters. The van der Waals surface area contributed by atoms with E-state index < -0.39 is 0 Å². The van der Waals surface area contributed by atoms with E-state index in [1.807, 2.05) is 103 Å². The molecule has 4 aromatic heterocycles. The minimum absolute atomic E-state index is 0. The van der Waals surface area contributed by atoms with Gasteiger partial charge in [-0.3, -0.25) is 0 Å². The fraction of sp³-hybridized carbons (Fsp3) is 0.0500. The first-order chi connectivity index (χ1) is 23.1. The van der Waals surface area contributed by atoms with Gasteiger partial charge in [0, 0.05) is 47.8 Å². The Bertz CT molecular complexity index is 2240. The summed E-state index contributed by atoms with van der Waals surface area (Å²) in [6, 6.07) is 42.9. The Labute approximate surface area is 312 Å². The summed E-state index contributed by atoms with van der Waals surface area (Å²) in [5.74, 6) is 2.74. The van der Waals surface area contributed by atoms with Crippen molar-refractivity contribution in [1.29, 1.82) is 0 Å². The zero-order valence-electron chi connectivity index (χ0n) is 26.2. The van der Waals surface area contributed by atoms with E-state index in [4.69, 9.17) is 9.47 Å². The largest absolute Gasteiger partial charge is 2.00 e. The molecular formula is C40H25N5O2PdPt. The van der Waals surface area contributed by atoms with Crippen LogP contribution in [0.25, 0.3) is 50.3 Å². The van der Waals surface area contributed by atoms with Crippen LogP contribution in [0.5, 0.6) is 23.0 Å². The smallest absolute Gasteiger partial charge is 0.503 e. The average molecular weight is 909 g/mol. The molecule has 0 fully saturated rings. The molecule has 0 aliphatic heterocycles. The number of aromatic nitrogens is 5. The number of pyridine rings is 2. The number of ether oxygens (including phenoxy) is 2. The average Bonchev–Trinajstić information content (AvgIpc) is 3.44. The van der Waals surface area contributed by atoms with Gasteiger partial charge in [-0.2, -0.15) is 22.9 Å². The number of hydrogen-bond acceptors (Lipinski definition) is 6. The van der Waals surface area contributed by atoms with Crippen molar-refractivity contribution in [2.45, 2.75) is 13.8 Å². The van der Waals surface area contributed by atoms with Crippen molar-refractivity contribution < 1.29 is 51.0 Å². The summed E-state index contributed by atoms with van der Waals surface area (Å²) in [6.07, 6.45) is 6.96. The molecular weight excluding hydrogens is 884 g/mol. The molecule has 4 heterocycles. The van der Waals surface area contributed by atoms with Gasteiger partial charge >= 0.3 is 41.5 Å². The Morgan fingerprint density at radius 1 is 0.510 bits per heavy atom. The van der Waals surface area contributed by atoms with Crippen LogP contribution in [0.4, 0.5) is 0 Å². The third-order valence-electron chi connectivity index (χ3n) is 7.80. The molecule has 0 saturated carbocycles. The molecule has 0 spiro atoms.